The Labute approximate surface area is 147 Å². The summed E-state index contributed by atoms with van der Waals surface area (Å²) in [4.78, 5) is 25.7. The maximum atomic E-state index is 13.0. The van der Waals surface area contributed by atoms with Gasteiger partial charge in [0.25, 0.3) is 0 Å². The molecule has 1 unspecified atom stereocenters. The van der Waals surface area contributed by atoms with Crippen molar-refractivity contribution in [2.45, 2.75) is 24.0 Å². The normalized spacial score (nSPS) is 22.6. The maximum absolute atomic E-state index is 13.0. The van der Waals surface area contributed by atoms with E-state index < -0.39 is 42.5 Å². The van der Waals surface area contributed by atoms with E-state index in [1.807, 2.05) is 12.3 Å². The first-order chi connectivity index (χ1) is 11.6. The van der Waals surface area contributed by atoms with Crippen LogP contribution in [0, 0.1) is 11.8 Å². The van der Waals surface area contributed by atoms with Crippen LogP contribution < -0.4 is 5.32 Å². The van der Waals surface area contributed by atoms with Gasteiger partial charge in [-0.25, -0.2) is 0 Å². The van der Waals surface area contributed by atoms with Crippen molar-refractivity contribution in [3.63, 3.8) is 0 Å². The third-order valence-electron chi connectivity index (χ3n) is 4.35. The van der Waals surface area contributed by atoms with Gasteiger partial charge in [-0.2, -0.15) is 13.2 Å². The third kappa shape index (κ3) is 4.66. The molecule has 1 aliphatic rings. The molecule has 1 heterocycles. The van der Waals surface area contributed by atoms with Gasteiger partial charge in [0.15, 0.2) is 0 Å². The number of alkyl halides is 3. The molecular formula is C16H19F3N2O3S. The number of thioether (sulfide) groups is 1. The Morgan fingerprint density at radius 1 is 1.36 bits per heavy atom. The molecular weight excluding hydrogens is 357 g/mol. The minimum absolute atomic E-state index is 0.307. The van der Waals surface area contributed by atoms with Crippen molar-refractivity contribution in [3.8, 4) is 0 Å². The Morgan fingerprint density at radius 3 is 2.56 bits per heavy atom. The molecule has 5 nitrogen and oxygen atoms in total. The van der Waals surface area contributed by atoms with Crippen LogP contribution in [0.2, 0.25) is 0 Å². The first-order valence-corrected chi connectivity index (χ1v) is 8.84. The van der Waals surface area contributed by atoms with Crippen molar-refractivity contribution in [2.75, 3.05) is 24.7 Å². The van der Waals surface area contributed by atoms with Gasteiger partial charge < -0.3 is 10.4 Å². The highest BCUT2D eigenvalue weighted by molar-refractivity contribution is 7.98. The quantitative estimate of drug-likeness (QED) is 0.774. The van der Waals surface area contributed by atoms with Crippen molar-refractivity contribution in [1.82, 2.24) is 4.90 Å². The SMILES string of the molecule is CSc1cccc(NC(=O)C(C)N2C[C@@H](C(F)(F)F)[C@H](C(=O)O)C2)c1. The number of carboxylic acids is 1. The fourth-order valence-electron chi connectivity index (χ4n) is 2.85. The molecule has 3 atom stereocenters. The van der Waals surface area contributed by atoms with Gasteiger partial charge in [0.1, 0.15) is 0 Å². The van der Waals surface area contributed by atoms with Crippen molar-refractivity contribution in [1.29, 1.82) is 0 Å². The van der Waals surface area contributed by atoms with Gasteiger partial charge in [-0.3, -0.25) is 14.5 Å². The number of carbonyl (C=O) groups is 2. The fourth-order valence-corrected chi connectivity index (χ4v) is 3.31. The van der Waals surface area contributed by atoms with Crippen LogP contribution in [0.1, 0.15) is 6.92 Å². The van der Waals surface area contributed by atoms with Gasteiger partial charge in [0.05, 0.1) is 17.9 Å². The van der Waals surface area contributed by atoms with Gasteiger partial charge >= 0.3 is 12.1 Å². The smallest absolute Gasteiger partial charge is 0.393 e. The van der Waals surface area contributed by atoms with E-state index in [-0.39, 0.29) is 6.54 Å². The number of hydrogen-bond donors (Lipinski definition) is 2. The Bertz CT molecular complexity index is 654. The van der Waals surface area contributed by atoms with Crippen molar-refractivity contribution < 1.29 is 27.9 Å². The number of halogens is 3. The third-order valence-corrected chi connectivity index (χ3v) is 5.08. The van der Waals surface area contributed by atoms with Crippen LogP contribution in [0.3, 0.4) is 0 Å². The average molecular weight is 376 g/mol. The number of carbonyl (C=O) groups excluding carboxylic acids is 1. The molecule has 1 aromatic rings. The molecule has 1 aromatic carbocycles. The summed E-state index contributed by atoms with van der Waals surface area (Å²) in [7, 11) is 0. The van der Waals surface area contributed by atoms with Crippen molar-refractivity contribution in [3.05, 3.63) is 24.3 Å². The van der Waals surface area contributed by atoms with E-state index in [1.165, 1.54) is 23.6 Å². The molecule has 1 fully saturated rings. The zero-order valence-corrected chi connectivity index (χ0v) is 14.5. The second-order valence-corrected chi connectivity index (χ2v) is 6.82. The topological polar surface area (TPSA) is 69.6 Å². The van der Waals surface area contributed by atoms with Gasteiger partial charge in [-0.1, -0.05) is 6.07 Å². The lowest BCUT2D eigenvalue weighted by Crippen LogP contribution is -2.41. The molecule has 0 aromatic heterocycles. The number of carboxylic acid groups (broad SMARTS) is 1. The lowest BCUT2D eigenvalue weighted by atomic mass is 9.96. The predicted octanol–water partition coefficient (Wildman–Crippen LogP) is 2.93. The Hall–Kier alpha value is -1.74. The zero-order valence-electron chi connectivity index (χ0n) is 13.7. The summed E-state index contributed by atoms with van der Waals surface area (Å²) < 4.78 is 39.1. The summed E-state index contributed by atoms with van der Waals surface area (Å²) in [5.41, 5.74) is 0.546. The minimum Gasteiger partial charge on any atom is -0.481 e. The van der Waals surface area contributed by atoms with Crippen molar-refractivity contribution >= 4 is 29.3 Å². The Kier molecular flexibility index (Phi) is 5.99. The number of rotatable bonds is 5. The van der Waals surface area contributed by atoms with Gasteiger partial charge in [0.2, 0.25) is 5.91 Å². The summed E-state index contributed by atoms with van der Waals surface area (Å²) in [6.07, 6.45) is -2.72. The van der Waals surface area contributed by atoms with Crippen LogP contribution in [-0.2, 0) is 9.59 Å². The monoisotopic (exact) mass is 376 g/mol. The number of aliphatic carboxylic acids is 1. The van der Waals surface area contributed by atoms with Crippen LogP contribution in [0.25, 0.3) is 0 Å². The Morgan fingerprint density at radius 2 is 2.04 bits per heavy atom. The first-order valence-electron chi connectivity index (χ1n) is 7.62. The predicted molar refractivity (Wildman–Crippen MR) is 88.6 cm³/mol. The lowest BCUT2D eigenvalue weighted by Gasteiger charge is -2.23. The van der Waals surface area contributed by atoms with E-state index in [9.17, 15) is 22.8 Å². The number of nitrogens with one attached hydrogen (secondary N) is 1. The van der Waals surface area contributed by atoms with E-state index in [1.54, 1.807) is 18.2 Å². The molecule has 0 aliphatic carbocycles. The molecule has 0 radical (unpaired) electrons. The second kappa shape index (κ2) is 7.65. The highest BCUT2D eigenvalue weighted by Crippen LogP contribution is 2.38. The summed E-state index contributed by atoms with van der Waals surface area (Å²) in [6, 6.07) is 6.22. The standard InChI is InChI=1S/C16H19F3N2O3S/c1-9(14(22)20-10-4-3-5-11(6-10)25-2)21-7-12(15(23)24)13(8-21)16(17,18)19/h3-6,9,12-13H,7-8H2,1-2H3,(H,20,22)(H,23,24)/t9?,12-,13-/m1/s1. The summed E-state index contributed by atoms with van der Waals surface area (Å²) in [5, 5.41) is 11.7. The molecule has 0 saturated carbocycles. The highest BCUT2D eigenvalue weighted by atomic mass is 32.2. The maximum Gasteiger partial charge on any atom is 0.393 e. The molecule has 1 saturated heterocycles. The number of anilines is 1. The zero-order chi connectivity index (χ0) is 18.8. The van der Waals surface area contributed by atoms with E-state index in [0.717, 1.165) is 4.90 Å². The molecule has 25 heavy (non-hydrogen) atoms. The number of amides is 1. The van der Waals surface area contributed by atoms with E-state index in [4.69, 9.17) is 5.11 Å². The molecule has 1 amide bonds. The summed E-state index contributed by atoms with van der Waals surface area (Å²) in [6.45, 7) is 0.671. The van der Waals surface area contributed by atoms with Crippen LogP contribution in [-0.4, -0.2) is 53.4 Å². The van der Waals surface area contributed by atoms with Crippen LogP contribution in [0.15, 0.2) is 29.2 Å². The number of nitrogens with zero attached hydrogens (tertiary/aromatic N) is 1. The average Bonchev–Trinajstić information content (AvgIpc) is 3.00. The highest BCUT2D eigenvalue weighted by Gasteiger charge is 2.53. The van der Waals surface area contributed by atoms with Crippen LogP contribution in [0.4, 0.5) is 18.9 Å². The van der Waals surface area contributed by atoms with E-state index in [2.05, 4.69) is 5.32 Å². The number of benzene rings is 1. The first kappa shape index (κ1) is 19.6. The number of hydrogen-bond acceptors (Lipinski definition) is 4. The van der Waals surface area contributed by atoms with E-state index in [0.29, 0.717) is 5.69 Å². The molecule has 0 spiro atoms. The van der Waals surface area contributed by atoms with Gasteiger partial charge in [-0.15, -0.1) is 11.8 Å². The Balaban J connectivity index is 2.07. The summed E-state index contributed by atoms with van der Waals surface area (Å²) in [5.74, 6) is -5.49. The van der Waals surface area contributed by atoms with E-state index >= 15 is 0 Å². The largest absolute Gasteiger partial charge is 0.481 e. The molecule has 0 bridgehead atoms. The van der Waals surface area contributed by atoms with Crippen LogP contribution >= 0.6 is 11.8 Å². The van der Waals surface area contributed by atoms with Gasteiger partial charge in [-0.05, 0) is 31.4 Å². The minimum atomic E-state index is -4.61. The fraction of sp³-hybridized carbons (Fsp3) is 0.500. The second-order valence-electron chi connectivity index (χ2n) is 5.94. The molecule has 2 N–H and O–H groups in total. The summed E-state index contributed by atoms with van der Waals surface area (Å²) >= 11 is 1.50. The van der Waals surface area contributed by atoms with Crippen molar-refractivity contribution in [2.24, 2.45) is 11.8 Å². The molecule has 2 rings (SSSR count). The molecule has 138 valence electrons. The number of likely N-dealkylation sites (tertiary alicyclic amines) is 1. The molecule has 9 heteroatoms. The molecule has 1 aliphatic heterocycles. The van der Waals surface area contributed by atoms with Crippen LogP contribution in [0.5, 0.6) is 0 Å². The van der Waals surface area contributed by atoms with Gasteiger partial charge in [0, 0.05) is 23.7 Å². The lowest BCUT2D eigenvalue weighted by molar-refractivity contribution is -0.188.